The molecule has 0 amide bonds. The summed E-state index contributed by atoms with van der Waals surface area (Å²) in [5, 5.41) is 0. The lowest BCUT2D eigenvalue weighted by atomic mass is 10.1. The van der Waals surface area contributed by atoms with Crippen LogP contribution in [0.3, 0.4) is 0 Å². The average Bonchev–Trinajstić information content (AvgIpc) is 2.34. The Hall–Kier alpha value is -1.09. The normalized spacial score (nSPS) is 12.2. The van der Waals surface area contributed by atoms with Gasteiger partial charge in [-0.2, -0.15) is 0 Å². The zero-order chi connectivity index (χ0) is 14.3. The van der Waals surface area contributed by atoms with Crippen LogP contribution in [0.2, 0.25) is 0 Å². The van der Waals surface area contributed by atoms with Crippen LogP contribution in [0.4, 0.5) is 0 Å². The molecule has 0 spiro atoms. The molecular formula is C16H25NOS. The highest BCUT2D eigenvalue weighted by Gasteiger charge is 2.07. The molecule has 1 aromatic rings. The molecule has 1 aromatic carbocycles. The van der Waals surface area contributed by atoms with Gasteiger partial charge in [0, 0.05) is 5.56 Å². The van der Waals surface area contributed by atoms with E-state index in [1.165, 1.54) is 25.7 Å². The van der Waals surface area contributed by atoms with E-state index in [1.54, 1.807) is 0 Å². The van der Waals surface area contributed by atoms with E-state index in [0.717, 1.165) is 23.3 Å². The van der Waals surface area contributed by atoms with Gasteiger partial charge in [-0.15, -0.1) is 0 Å². The van der Waals surface area contributed by atoms with Gasteiger partial charge in [0.2, 0.25) is 0 Å². The van der Waals surface area contributed by atoms with E-state index in [-0.39, 0.29) is 6.10 Å². The Morgan fingerprint density at radius 1 is 1.32 bits per heavy atom. The van der Waals surface area contributed by atoms with Gasteiger partial charge in [0.05, 0.1) is 6.10 Å². The lowest BCUT2D eigenvalue weighted by Gasteiger charge is -2.16. The fourth-order valence-corrected chi connectivity index (χ4v) is 2.36. The Morgan fingerprint density at radius 2 is 2.05 bits per heavy atom. The molecule has 19 heavy (non-hydrogen) atoms. The standard InChI is InChI=1S/C16H25NOS/c1-4-5-6-7-8-13(3)18-14-9-10-15(16(17)19)12(2)11-14/h9-11,13H,4-8H2,1-3H3,(H2,17,19). The summed E-state index contributed by atoms with van der Waals surface area (Å²) in [4.78, 5) is 0.441. The topological polar surface area (TPSA) is 35.2 Å². The average molecular weight is 279 g/mol. The van der Waals surface area contributed by atoms with Crippen LogP contribution < -0.4 is 10.5 Å². The molecule has 0 saturated heterocycles. The van der Waals surface area contributed by atoms with E-state index in [0.29, 0.717) is 4.99 Å². The molecule has 3 heteroatoms. The van der Waals surface area contributed by atoms with Crippen molar-refractivity contribution >= 4 is 17.2 Å². The summed E-state index contributed by atoms with van der Waals surface area (Å²) in [6.07, 6.45) is 6.48. The van der Waals surface area contributed by atoms with Gasteiger partial charge in [-0.25, -0.2) is 0 Å². The van der Waals surface area contributed by atoms with Gasteiger partial charge < -0.3 is 10.5 Å². The predicted molar refractivity (Wildman–Crippen MR) is 85.9 cm³/mol. The third-order valence-electron chi connectivity index (χ3n) is 3.26. The summed E-state index contributed by atoms with van der Waals surface area (Å²) in [5.74, 6) is 0.903. The Balaban J connectivity index is 2.48. The van der Waals surface area contributed by atoms with E-state index in [2.05, 4.69) is 13.8 Å². The number of unbranched alkanes of at least 4 members (excludes halogenated alkanes) is 3. The largest absolute Gasteiger partial charge is 0.491 e. The molecule has 106 valence electrons. The summed E-state index contributed by atoms with van der Waals surface area (Å²) in [6, 6.07) is 5.90. The maximum Gasteiger partial charge on any atom is 0.120 e. The van der Waals surface area contributed by atoms with Crippen LogP contribution in [0.25, 0.3) is 0 Å². The van der Waals surface area contributed by atoms with Gasteiger partial charge in [-0.05, 0) is 50.5 Å². The fourth-order valence-electron chi connectivity index (χ4n) is 2.14. The minimum absolute atomic E-state index is 0.256. The van der Waals surface area contributed by atoms with Crippen molar-refractivity contribution in [3.63, 3.8) is 0 Å². The van der Waals surface area contributed by atoms with Gasteiger partial charge in [-0.3, -0.25) is 0 Å². The third kappa shape index (κ3) is 5.60. The van der Waals surface area contributed by atoms with E-state index >= 15 is 0 Å². The molecule has 2 N–H and O–H groups in total. The summed E-state index contributed by atoms with van der Waals surface area (Å²) >= 11 is 5.00. The quantitative estimate of drug-likeness (QED) is 0.567. The molecule has 0 saturated carbocycles. The van der Waals surface area contributed by atoms with Crippen LogP contribution in [0.5, 0.6) is 5.75 Å². The van der Waals surface area contributed by atoms with Crippen molar-refractivity contribution in [3.8, 4) is 5.75 Å². The lowest BCUT2D eigenvalue weighted by Crippen LogP contribution is -2.13. The zero-order valence-electron chi connectivity index (χ0n) is 12.2. The van der Waals surface area contributed by atoms with Gasteiger partial charge >= 0.3 is 0 Å². The second kappa shape index (κ2) is 8.16. The number of benzene rings is 1. The zero-order valence-corrected chi connectivity index (χ0v) is 13.1. The van der Waals surface area contributed by atoms with Crippen molar-refractivity contribution < 1.29 is 4.74 Å². The molecule has 1 rings (SSSR count). The molecule has 0 aliphatic rings. The lowest BCUT2D eigenvalue weighted by molar-refractivity contribution is 0.206. The second-order valence-electron chi connectivity index (χ2n) is 5.12. The van der Waals surface area contributed by atoms with Crippen molar-refractivity contribution in [1.82, 2.24) is 0 Å². The van der Waals surface area contributed by atoms with E-state index < -0.39 is 0 Å². The minimum Gasteiger partial charge on any atom is -0.491 e. The highest BCUT2D eigenvalue weighted by molar-refractivity contribution is 7.80. The molecule has 1 atom stereocenters. The fraction of sp³-hybridized carbons (Fsp3) is 0.562. The number of ether oxygens (including phenoxy) is 1. The highest BCUT2D eigenvalue weighted by atomic mass is 32.1. The smallest absolute Gasteiger partial charge is 0.120 e. The second-order valence-corrected chi connectivity index (χ2v) is 5.56. The van der Waals surface area contributed by atoms with Gasteiger partial charge in [0.15, 0.2) is 0 Å². The van der Waals surface area contributed by atoms with Gasteiger partial charge in [0.1, 0.15) is 10.7 Å². The van der Waals surface area contributed by atoms with E-state index in [9.17, 15) is 0 Å². The predicted octanol–water partition coefficient (Wildman–Crippen LogP) is 4.37. The van der Waals surface area contributed by atoms with Crippen LogP contribution in [0, 0.1) is 6.92 Å². The summed E-state index contributed by atoms with van der Waals surface area (Å²) in [5.41, 5.74) is 7.65. The van der Waals surface area contributed by atoms with Crippen LogP contribution in [-0.2, 0) is 0 Å². The van der Waals surface area contributed by atoms with E-state index in [4.69, 9.17) is 22.7 Å². The summed E-state index contributed by atoms with van der Waals surface area (Å²) in [6.45, 7) is 6.36. The molecular weight excluding hydrogens is 254 g/mol. The minimum atomic E-state index is 0.256. The molecule has 0 fully saturated rings. The number of aryl methyl sites for hydroxylation is 1. The molecule has 0 aliphatic carbocycles. The van der Waals surface area contributed by atoms with Gasteiger partial charge in [-0.1, -0.05) is 38.4 Å². The molecule has 0 heterocycles. The molecule has 0 bridgehead atoms. The van der Waals surface area contributed by atoms with Crippen LogP contribution in [-0.4, -0.2) is 11.1 Å². The number of hydrogen-bond acceptors (Lipinski definition) is 2. The van der Waals surface area contributed by atoms with Crippen LogP contribution in [0.15, 0.2) is 18.2 Å². The molecule has 2 nitrogen and oxygen atoms in total. The number of hydrogen-bond donors (Lipinski definition) is 1. The third-order valence-corrected chi connectivity index (χ3v) is 3.48. The molecule has 0 radical (unpaired) electrons. The Labute approximate surface area is 122 Å². The van der Waals surface area contributed by atoms with Crippen molar-refractivity contribution in [2.24, 2.45) is 5.73 Å². The molecule has 0 aliphatic heterocycles. The van der Waals surface area contributed by atoms with Crippen molar-refractivity contribution in [2.75, 3.05) is 0 Å². The first kappa shape index (κ1) is 16.0. The first-order valence-corrected chi connectivity index (χ1v) is 7.52. The Bertz CT molecular complexity index is 417. The van der Waals surface area contributed by atoms with E-state index in [1.807, 2.05) is 25.1 Å². The molecule has 1 unspecified atom stereocenters. The molecule has 0 aromatic heterocycles. The van der Waals surface area contributed by atoms with Crippen molar-refractivity contribution in [2.45, 2.75) is 59.0 Å². The number of nitrogens with two attached hydrogens (primary N) is 1. The maximum atomic E-state index is 5.93. The van der Waals surface area contributed by atoms with Crippen molar-refractivity contribution in [1.29, 1.82) is 0 Å². The Kier molecular flexibility index (Phi) is 6.85. The SMILES string of the molecule is CCCCCCC(C)Oc1ccc(C(N)=S)c(C)c1. The maximum absolute atomic E-state index is 5.93. The number of rotatable bonds is 8. The highest BCUT2D eigenvalue weighted by Crippen LogP contribution is 2.20. The van der Waals surface area contributed by atoms with Crippen molar-refractivity contribution in [3.05, 3.63) is 29.3 Å². The first-order chi connectivity index (χ1) is 9.04. The first-order valence-electron chi connectivity index (χ1n) is 7.11. The Morgan fingerprint density at radius 3 is 2.63 bits per heavy atom. The van der Waals surface area contributed by atoms with Crippen LogP contribution >= 0.6 is 12.2 Å². The summed E-state index contributed by atoms with van der Waals surface area (Å²) < 4.78 is 5.93. The monoisotopic (exact) mass is 279 g/mol. The van der Waals surface area contributed by atoms with Crippen LogP contribution in [0.1, 0.15) is 57.1 Å². The summed E-state index contributed by atoms with van der Waals surface area (Å²) in [7, 11) is 0. The number of thiocarbonyl (C=S) groups is 1. The van der Waals surface area contributed by atoms with Gasteiger partial charge in [0.25, 0.3) is 0 Å².